The van der Waals surface area contributed by atoms with Gasteiger partial charge in [0, 0.05) is 5.92 Å². The lowest BCUT2D eigenvalue weighted by molar-refractivity contribution is -0.365. The van der Waals surface area contributed by atoms with Crippen LogP contribution >= 0.6 is 0 Å². The number of ether oxygens (including phenoxy) is 1. The third-order valence-corrected chi connectivity index (χ3v) is 7.31. The molecule has 5 nitrogen and oxygen atoms in total. The molecule has 2 aromatic rings. The number of halogens is 3. The first-order valence-corrected chi connectivity index (χ1v) is 10.5. The summed E-state index contributed by atoms with van der Waals surface area (Å²) in [4.78, 5) is 24.0. The highest BCUT2D eigenvalue weighted by atomic mass is 19.4. The average Bonchev–Trinajstić information content (AvgIpc) is 2.99. The van der Waals surface area contributed by atoms with Crippen molar-refractivity contribution in [2.45, 2.75) is 43.8 Å². The Kier molecular flexibility index (Phi) is 4.55. The van der Waals surface area contributed by atoms with Gasteiger partial charge in [0.2, 0.25) is 0 Å². The van der Waals surface area contributed by atoms with Gasteiger partial charge in [0.05, 0.1) is 5.41 Å². The summed E-state index contributed by atoms with van der Waals surface area (Å²) in [5.41, 5.74) is 1.89. The van der Waals surface area contributed by atoms with E-state index in [-0.39, 0.29) is 38.2 Å². The molecule has 0 saturated heterocycles. The number of hydrogen-bond donors (Lipinski definition) is 2. The maximum Gasteiger partial charge on any atom is 0.407 e. The molecule has 168 valence electrons. The maximum absolute atomic E-state index is 13.1. The first-order valence-electron chi connectivity index (χ1n) is 10.5. The van der Waals surface area contributed by atoms with Crippen molar-refractivity contribution in [1.29, 1.82) is 0 Å². The van der Waals surface area contributed by atoms with E-state index < -0.39 is 35.1 Å². The number of aliphatic carboxylic acids is 1. The first kappa shape index (κ1) is 20.8. The fraction of sp³-hybridized carbons (Fsp3) is 0.417. The van der Waals surface area contributed by atoms with Gasteiger partial charge in [-0.15, -0.1) is 0 Å². The molecule has 1 unspecified atom stereocenters. The quantitative estimate of drug-likeness (QED) is 0.649. The molecule has 3 saturated carbocycles. The standard InChI is InChI=1S/C24H22F3NO4/c25-24(26,27)23-11-22(12-23,13-23)9-19(20(29)30)28-21(31)32-10-18-16-7-3-1-5-14(16)15-6-2-4-8-17(15)18/h1-8,18-19H,9-13H2,(H,28,31)(H,29,30). The first-order chi connectivity index (χ1) is 15.1. The van der Waals surface area contributed by atoms with Crippen LogP contribution in [0.4, 0.5) is 18.0 Å². The predicted octanol–water partition coefficient (Wildman–Crippen LogP) is 5.10. The highest BCUT2D eigenvalue weighted by molar-refractivity contribution is 5.81. The molecule has 0 spiro atoms. The van der Waals surface area contributed by atoms with Gasteiger partial charge in [-0.25, -0.2) is 9.59 Å². The Morgan fingerprint density at radius 2 is 1.56 bits per heavy atom. The summed E-state index contributed by atoms with van der Waals surface area (Å²) in [5, 5.41) is 11.8. The molecule has 4 aliphatic carbocycles. The molecule has 1 amide bonds. The number of carbonyl (C=O) groups is 2. The van der Waals surface area contributed by atoms with E-state index in [0.717, 1.165) is 22.3 Å². The summed E-state index contributed by atoms with van der Waals surface area (Å²) in [6.45, 7) is 0.0362. The van der Waals surface area contributed by atoms with Gasteiger partial charge in [0.1, 0.15) is 12.6 Å². The molecule has 6 rings (SSSR count). The molecule has 32 heavy (non-hydrogen) atoms. The molecule has 0 aliphatic heterocycles. The molecule has 0 aromatic heterocycles. The highest BCUT2D eigenvalue weighted by Crippen LogP contribution is 2.79. The Hall–Kier alpha value is -3.03. The zero-order valence-corrected chi connectivity index (χ0v) is 17.1. The Balaban J connectivity index is 1.21. The second-order valence-electron chi connectivity index (χ2n) is 9.37. The van der Waals surface area contributed by atoms with Crippen LogP contribution in [0, 0.1) is 10.8 Å². The van der Waals surface area contributed by atoms with Crippen LogP contribution in [0.1, 0.15) is 42.7 Å². The van der Waals surface area contributed by atoms with Gasteiger partial charge in [-0.2, -0.15) is 13.2 Å². The number of nitrogens with one attached hydrogen (secondary N) is 1. The van der Waals surface area contributed by atoms with Gasteiger partial charge < -0.3 is 15.2 Å². The summed E-state index contributed by atoms with van der Waals surface area (Å²) in [7, 11) is 0. The fourth-order valence-electron chi connectivity index (χ4n) is 5.93. The van der Waals surface area contributed by atoms with Crippen LogP contribution in [0.3, 0.4) is 0 Å². The third-order valence-electron chi connectivity index (χ3n) is 7.31. The minimum atomic E-state index is -4.26. The fourth-order valence-corrected chi connectivity index (χ4v) is 5.93. The van der Waals surface area contributed by atoms with E-state index >= 15 is 0 Å². The van der Waals surface area contributed by atoms with Gasteiger partial charge in [0.25, 0.3) is 0 Å². The van der Waals surface area contributed by atoms with Crippen molar-refractivity contribution < 1.29 is 32.6 Å². The Labute approximate surface area is 182 Å². The monoisotopic (exact) mass is 445 g/mol. The van der Waals surface area contributed by atoms with Gasteiger partial charge >= 0.3 is 18.2 Å². The van der Waals surface area contributed by atoms with Crippen LogP contribution in [0.15, 0.2) is 48.5 Å². The second-order valence-corrected chi connectivity index (χ2v) is 9.37. The topological polar surface area (TPSA) is 75.6 Å². The summed E-state index contributed by atoms with van der Waals surface area (Å²) >= 11 is 0. The van der Waals surface area contributed by atoms with Crippen molar-refractivity contribution in [3.63, 3.8) is 0 Å². The molecule has 0 heterocycles. The molecule has 2 aromatic carbocycles. The third kappa shape index (κ3) is 3.15. The molecule has 4 aliphatic rings. The van der Waals surface area contributed by atoms with E-state index in [1.54, 1.807) is 0 Å². The Morgan fingerprint density at radius 1 is 1.03 bits per heavy atom. The maximum atomic E-state index is 13.1. The summed E-state index contributed by atoms with van der Waals surface area (Å²) in [6, 6.07) is 14.4. The zero-order valence-electron chi connectivity index (χ0n) is 17.1. The highest BCUT2D eigenvalue weighted by Gasteiger charge is 2.78. The summed E-state index contributed by atoms with van der Waals surface area (Å²) in [5.74, 6) is -1.44. The number of carboxylic acid groups (broad SMARTS) is 1. The van der Waals surface area contributed by atoms with E-state index in [2.05, 4.69) is 5.32 Å². The smallest absolute Gasteiger partial charge is 0.407 e. The number of alkyl carbamates (subject to hydrolysis) is 1. The van der Waals surface area contributed by atoms with Crippen molar-refractivity contribution in [2.75, 3.05) is 6.61 Å². The van der Waals surface area contributed by atoms with Crippen molar-refractivity contribution >= 4 is 12.1 Å². The van der Waals surface area contributed by atoms with E-state index in [1.165, 1.54) is 0 Å². The van der Waals surface area contributed by atoms with Gasteiger partial charge in [0.15, 0.2) is 0 Å². The molecular weight excluding hydrogens is 423 g/mol. The molecular formula is C24H22F3NO4. The molecule has 3 fully saturated rings. The Bertz CT molecular complexity index is 1030. The van der Waals surface area contributed by atoms with Crippen LogP contribution in [0.5, 0.6) is 0 Å². The SMILES string of the molecule is O=C(NC(CC12CC(C(F)(F)F)(C1)C2)C(=O)O)OCC1c2ccccc2-c2ccccc21. The minimum Gasteiger partial charge on any atom is -0.480 e. The normalized spacial score (nSPS) is 26.2. The number of benzene rings is 2. The Morgan fingerprint density at radius 3 is 2.06 bits per heavy atom. The average molecular weight is 445 g/mol. The van der Waals surface area contributed by atoms with Crippen LogP contribution in [-0.4, -0.2) is 36.0 Å². The predicted molar refractivity (Wildman–Crippen MR) is 109 cm³/mol. The number of carbonyl (C=O) groups excluding carboxylic acids is 1. The number of carboxylic acids is 1. The van der Waals surface area contributed by atoms with E-state index in [0.29, 0.717) is 0 Å². The van der Waals surface area contributed by atoms with Gasteiger partial charge in [-0.1, -0.05) is 48.5 Å². The second kappa shape index (κ2) is 6.98. The lowest BCUT2D eigenvalue weighted by Gasteiger charge is -2.71. The van der Waals surface area contributed by atoms with Crippen LogP contribution in [-0.2, 0) is 9.53 Å². The molecule has 2 N–H and O–H groups in total. The largest absolute Gasteiger partial charge is 0.480 e. The van der Waals surface area contributed by atoms with E-state index in [4.69, 9.17) is 4.74 Å². The van der Waals surface area contributed by atoms with Crippen LogP contribution in [0.2, 0.25) is 0 Å². The zero-order chi connectivity index (χ0) is 22.7. The minimum absolute atomic E-state index is 0.0235. The molecule has 8 heteroatoms. The lowest BCUT2D eigenvalue weighted by atomic mass is 9.33. The van der Waals surface area contributed by atoms with Crippen molar-refractivity contribution in [2.24, 2.45) is 10.8 Å². The number of alkyl halides is 3. The number of hydrogen-bond acceptors (Lipinski definition) is 3. The summed E-state index contributed by atoms with van der Waals surface area (Å²) < 4.78 is 44.5. The van der Waals surface area contributed by atoms with Gasteiger partial charge in [-0.05, 0) is 53.4 Å². The van der Waals surface area contributed by atoms with Crippen LogP contribution < -0.4 is 5.32 Å². The van der Waals surface area contributed by atoms with Crippen molar-refractivity contribution in [3.05, 3.63) is 59.7 Å². The van der Waals surface area contributed by atoms with Crippen molar-refractivity contribution in [3.8, 4) is 11.1 Å². The van der Waals surface area contributed by atoms with E-state index in [1.807, 2.05) is 48.5 Å². The summed E-state index contributed by atoms with van der Waals surface area (Å²) in [6.07, 6.45) is -5.37. The number of fused-ring (bicyclic) bond motifs is 3. The van der Waals surface area contributed by atoms with Gasteiger partial charge in [-0.3, -0.25) is 0 Å². The van der Waals surface area contributed by atoms with E-state index in [9.17, 15) is 27.9 Å². The number of rotatable bonds is 6. The van der Waals surface area contributed by atoms with Crippen LogP contribution in [0.25, 0.3) is 11.1 Å². The molecule has 1 atom stereocenters. The molecule has 2 bridgehead atoms. The van der Waals surface area contributed by atoms with Crippen molar-refractivity contribution in [1.82, 2.24) is 5.32 Å². The number of amides is 1. The lowest BCUT2D eigenvalue weighted by Crippen LogP contribution is -2.69. The molecule has 0 radical (unpaired) electrons.